The maximum absolute atomic E-state index is 13.1. The van der Waals surface area contributed by atoms with Crippen molar-refractivity contribution in [3.63, 3.8) is 0 Å². The standard InChI is InChI=1S/C21H27F6N3O/c1-2-18-11-17(13-30(18)19(31)29-6-4-3-5-7-29)28-12-14-8-15(20(22,23)24)10-16(9-14)21(25,26)27/h8-10,17-18,28H,2-7,11-13H2,1H3/t17-,18+/m0/s1. The van der Waals surface area contributed by atoms with Crippen LogP contribution in [0.25, 0.3) is 0 Å². The van der Waals surface area contributed by atoms with Crippen molar-refractivity contribution in [3.05, 3.63) is 34.9 Å². The highest BCUT2D eigenvalue weighted by Crippen LogP contribution is 2.36. The van der Waals surface area contributed by atoms with E-state index in [1.54, 1.807) is 4.90 Å². The minimum absolute atomic E-state index is 0.000767. The van der Waals surface area contributed by atoms with Crippen molar-refractivity contribution in [2.75, 3.05) is 19.6 Å². The molecule has 2 amide bonds. The fourth-order valence-corrected chi connectivity index (χ4v) is 4.34. The lowest BCUT2D eigenvalue weighted by Gasteiger charge is -2.33. The number of benzene rings is 1. The first-order valence-corrected chi connectivity index (χ1v) is 10.6. The number of hydrogen-bond donors (Lipinski definition) is 1. The number of carbonyl (C=O) groups excluding carboxylic acids is 1. The highest BCUT2D eigenvalue weighted by Gasteiger charge is 2.38. The Morgan fingerprint density at radius 2 is 1.58 bits per heavy atom. The zero-order chi connectivity index (χ0) is 22.8. The van der Waals surface area contributed by atoms with Crippen LogP contribution in [0.1, 0.15) is 55.7 Å². The minimum Gasteiger partial charge on any atom is -0.325 e. The summed E-state index contributed by atoms with van der Waals surface area (Å²) in [6, 6.07) is 1.39. The van der Waals surface area contributed by atoms with Crippen molar-refractivity contribution in [1.29, 1.82) is 0 Å². The first kappa shape index (κ1) is 23.7. The molecule has 0 aromatic heterocycles. The zero-order valence-corrected chi connectivity index (χ0v) is 17.3. The lowest BCUT2D eigenvalue weighted by molar-refractivity contribution is -0.143. The molecular formula is C21H27F6N3O. The summed E-state index contributed by atoms with van der Waals surface area (Å²) in [4.78, 5) is 16.5. The quantitative estimate of drug-likeness (QED) is 0.633. The van der Waals surface area contributed by atoms with Crippen molar-refractivity contribution < 1.29 is 31.1 Å². The molecule has 2 aliphatic rings. The van der Waals surface area contributed by atoms with E-state index in [0.717, 1.165) is 37.8 Å². The molecule has 2 heterocycles. The molecule has 2 atom stereocenters. The van der Waals surface area contributed by atoms with Crippen LogP contribution >= 0.6 is 0 Å². The van der Waals surface area contributed by atoms with Gasteiger partial charge in [-0.05, 0) is 55.9 Å². The monoisotopic (exact) mass is 451 g/mol. The first-order valence-electron chi connectivity index (χ1n) is 10.6. The molecule has 2 saturated heterocycles. The van der Waals surface area contributed by atoms with Crippen LogP contribution in [0, 0.1) is 0 Å². The molecule has 0 saturated carbocycles. The van der Waals surface area contributed by atoms with E-state index >= 15 is 0 Å². The van der Waals surface area contributed by atoms with E-state index in [0.29, 0.717) is 26.1 Å². The van der Waals surface area contributed by atoms with E-state index in [2.05, 4.69) is 5.32 Å². The summed E-state index contributed by atoms with van der Waals surface area (Å²) >= 11 is 0. The molecule has 174 valence electrons. The van der Waals surface area contributed by atoms with Crippen LogP contribution in [0.4, 0.5) is 31.1 Å². The van der Waals surface area contributed by atoms with Crippen LogP contribution in [-0.2, 0) is 18.9 Å². The minimum atomic E-state index is -4.87. The lowest BCUT2D eigenvalue weighted by Crippen LogP contribution is -2.47. The average Bonchev–Trinajstić information content (AvgIpc) is 3.14. The number of nitrogens with zero attached hydrogens (tertiary/aromatic N) is 2. The molecular weight excluding hydrogens is 424 g/mol. The Hall–Kier alpha value is -1.97. The van der Waals surface area contributed by atoms with Gasteiger partial charge in [0.1, 0.15) is 0 Å². The highest BCUT2D eigenvalue weighted by atomic mass is 19.4. The van der Waals surface area contributed by atoms with E-state index in [1.807, 2.05) is 11.8 Å². The number of nitrogens with one attached hydrogen (secondary N) is 1. The number of likely N-dealkylation sites (tertiary alicyclic amines) is 2. The largest absolute Gasteiger partial charge is 0.416 e. The van der Waals surface area contributed by atoms with Gasteiger partial charge in [0.2, 0.25) is 0 Å². The van der Waals surface area contributed by atoms with Gasteiger partial charge in [0.05, 0.1) is 11.1 Å². The van der Waals surface area contributed by atoms with Gasteiger partial charge in [-0.2, -0.15) is 26.3 Å². The summed E-state index contributed by atoms with van der Waals surface area (Å²) in [6.45, 7) is 3.65. The molecule has 0 bridgehead atoms. The van der Waals surface area contributed by atoms with Crippen molar-refractivity contribution in [3.8, 4) is 0 Å². The normalized spacial score (nSPS) is 22.8. The molecule has 0 spiro atoms. The second kappa shape index (κ2) is 9.26. The Morgan fingerprint density at radius 1 is 1.00 bits per heavy atom. The van der Waals surface area contributed by atoms with Gasteiger partial charge in [-0.15, -0.1) is 0 Å². The first-order chi connectivity index (χ1) is 14.5. The van der Waals surface area contributed by atoms with E-state index in [9.17, 15) is 31.1 Å². The molecule has 1 aromatic rings. The molecule has 31 heavy (non-hydrogen) atoms. The molecule has 0 unspecified atom stereocenters. The summed E-state index contributed by atoms with van der Waals surface area (Å²) in [5.74, 6) is 0. The predicted octanol–water partition coefficient (Wildman–Crippen LogP) is 5.27. The number of urea groups is 1. The van der Waals surface area contributed by atoms with Gasteiger partial charge in [0.15, 0.2) is 0 Å². The van der Waals surface area contributed by atoms with E-state index in [-0.39, 0.29) is 36.3 Å². The maximum Gasteiger partial charge on any atom is 0.416 e. The number of rotatable bonds is 4. The molecule has 1 N–H and O–H groups in total. The SMILES string of the molecule is CC[C@@H]1C[C@H](NCc2cc(C(F)(F)F)cc(C(F)(F)F)c2)CN1C(=O)N1CCCCC1. The molecule has 4 nitrogen and oxygen atoms in total. The molecule has 10 heteroatoms. The van der Waals surface area contributed by atoms with Crippen LogP contribution in [0.15, 0.2) is 18.2 Å². The Bertz CT molecular complexity index is 741. The molecule has 2 fully saturated rings. The number of halogens is 6. The summed E-state index contributed by atoms with van der Waals surface area (Å²) in [6.07, 6.45) is -5.35. The van der Waals surface area contributed by atoms with Crippen LogP contribution < -0.4 is 5.32 Å². The van der Waals surface area contributed by atoms with Crippen molar-refractivity contribution in [2.24, 2.45) is 0 Å². The highest BCUT2D eigenvalue weighted by molar-refractivity contribution is 5.75. The van der Waals surface area contributed by atoms with E-state index in [1.165, 1.54) is 0 Å². The fourth-order valence-electron chi connectivity index (χ4n) is 4.34. The van der Waals surface area contributed by atoms with Crippen LogP contribution in [0.3, 0.4) is 0 Å². The number of hydrogen-bond acceptors (Lipinski definition) is 2. The predicted molar refractivity (Wildman–Crippen MR) is 103 cm³/mol. The third-order valence-electron chi connectivity index (χ3n) is 6.00. The Labute approximate surface area is 177 Å². The summed E-state index contributed by atoms with van der Waals surface area (Å²) in [5, 5.41) is 3.06. The molecule has 3 rings (SSSR count). The second-order valence-corrected chi connectivity index (χ2v) is 8.27. The summed E-state index contributed by atoms with van der Waals surface area (Å²) in [5.41, 5.74) is -2.73. The number of amides is 2. The topological polar surface area (TPSA) is 35.6 Å². The number of alkyl halides is 6. The Kier molecular flexibility index (Phi) is 7.08. The second-order valence-electron chi connectivity index (χ2n) is 8.27. The molecule has 0 aliphatic carbocycles. The molecule has 0 radical (unpaired) electrons. The summed E-state index contributed by atoms with van der Waals surface area (Å²) < 4.78 is 78.3. The van der Waals surface area contributed by atoms with E-state index in [4.69, 9.17) is 0 Å². The smallest absolute Gasteiger partial charge is 0.325 e. The van der Waals surface area contributed by atoms with Crippen molar-refractivity contribution in [1.82, 2.24) is 15.1 Å². The molecule has 2 aliphatic heterocycles. The van der Waals surface area contributed by atoms with Gasteiger partial charge in [-0.25, -0.2) is 4.79 Å². The van der Waals surface area contributed by atoms with Crippen molar-refractivity contribution >= 4 is 6.03 Å². The third kappa shape index (κ3) is 5.84. The van der Waals surface area contributed by atoms with Gasteiger partial charge in [0, 0.05) is 38.3 Å². The summed E-state index contributed by atoms with van der Waals surface area (Å²) in [7, 11) is 0. The van der Waals surface area contributed by atoms with Crippen LogP contribution in [0.5, 0.6) is 0 Å². The van der Waals surface area contributed by atoms with Crippen molar-refractivity contribution in [2.45, 2.75) is 70.0 Å². The van der Waals surface area contributed by atoms with Crippen LogP contribution in [0.2, 0.25) is 0 Å². The lowest BCUT2D eigenvalue weighted by atomic mass is 10.0. The maximum atomic E-state index is 13.1. The third-order valence-corrected chi connectivity index (χ3v) is 6.00. The van der Waals surface area contributed by atoms with E-state index < -0.39 is 23.5 Å². The average molecular weight is 451 g/mol. The number of carbonyl (C=O) groups is 1. The Balaban J connectivity index is 1.69. The van der Waals surface area contributed by atoms with Gasteiger partial charge < -0.3 is 15.1 Å². The number of piperidine rings is 1. The fraction of sp³-hybridized carbons (Fsp3) is 0.667. The molecule has 1 aromatic carbocycles. The van der Waals surface area contributed by atoms with Gasteiger partial charge in [0.25, 0.3) is 0 Å². The zero-order valence-electron chi connectivity index (χ0n) is 17.3. The Morgan fingerprint density at radius 3 is 2.10 bits per heavy atom. The van der Waals surface area contributed by atoms with Gasteiger partial charge in [-0.1, -0.05) is 6.92 Å². The van der Waals surface area contributed by atoms with Gasteiger partial charge >= 0.3 is 18.4 Å². The van der Waals surface area contributed by atoms with Crippen LogP contribution in [-0.4, -0.2) is 47.5 Å². The van der Waals surface area contributed by atoms with Gasteiger partial charge in [-0.3, -0.25) is 0 Å².